The third kappa shape index (κ3) is 2.28. The summed E-state index contributed by atoms with van der Waals surface area (Å²) in [5, 5.41) is 0.468. The average molecular weight is 281 g/mol. The molecule has 1 heterocycles. The second-order valence-electron chi connectivity index (χ2n) is 4.18. The van der Waals surface area contributed by atoms with E-state index in [4.69, 9.17) is 27.9 Å². The number of hydrogen-bond acceptors (Lipinski definition) is 3. The van der Waals surface area contributed by atoms with Gasteiger partial charge in [0.25, 0.3) is 0 Å². The Balaban J connectivity index is 1.90. The standard InChI is InChI=1S/C13H10Cl2N2O/c14-11-7-16-13(15)17-12(11)18-10-5-4-8-2-1-3-9(8)6-10/h4-7H,1-3H2. The minimum Gasteiger partial charge on any atom is -0.437 e. The number of rotatable bonds is 2. The average Bonchev–Trinajstić information content (AvgIpc) is 2.81. The lowest BCUT2D eigenvalue weighted by Crippen LogP contribution is -1.92. The molecule has 5 heteroatoms. The Labute approximate surface area is 115 Å². The van der Waals surface area contributed by atoms with Gasteiger partial charge in [0.15, 0.2) is 0 Å². The molecule has 1 aromatic heterocycles. The molecule has 0 N–H and O–H groups in total. The maximum atomic E-state index is 5.95. The monoisotopic (exact) mass is 280 g/mol. The van der Waals surface area contributed by atoms with E-state index < -0.39 is 0 Å². The Morgan fingerprint density at radius 1 is 1.11 bits per heavy atom. The second-order valence-corrected chi connectivity index (χ2v) is 4.92. The lowest BCUT2D eigenvalue weighted by atomic mass is 10.1. The van der Waals surface area contributed by atoms with E-state index in [1.807, 2.05) is 12.1 Å². The summed E-state index contributed by atoms with van der Waals surface area (Å²) < 4.78 is 5.65. The van der Waals surface area contributed by atoms with Crippen molar-refractivity contribution in [3.05, 3.63) is 45.8 Å². The highest BCUT2D eigenvalue weighted by Crippen LogP contribution is 2.31. The largest absolute Gasteiger partial charge is 0.437 e. The molecular formula is C13H10Cl2N2O. The lowest BCUT2D eigenvalue weighted by Gasteiger charge is -2.08. The Morgan fingerprint density at radius 3 is 2.83 bits per heavy atom. The van der Waals surface area contributed by atoms with Crippen LogP contribution in [-0.4, -0.2) is 9.97 Å². The lowest BCUT2D eigenvalue weighted by molar-refractivity contribution is 0.461. The smallest absolute Gasteiger partial charge is 0.242 e. The number of benzene rings is 1. The molecule has 0 radical (unpaired) electrons. The molecule has 0 atom stereocenters. The predicted molar refractivity (Wildman–Crippen MR) is 70.6 cm³/mol. The summed E-state index contributed by atoms with van der Waals surface area (Å²) in [6.45, 7) is 0. The SMILES string of the molecule is Clc1ncc(Cl)c(Oc2ccc3c(c2)CCC3)n1. The van der Waals surface area contributed by atoms with E-state index in [9.17, 15) is 0 Å². The summed E-state index contributed by atoms with van der Waals surface area (Å²) in [6.07, 6.45) is 4.89. The van der Waals surface area contributed by atoms with Gasteiger partial charge in [-0.1, -0.05) is 17.7 Å². The van der Waals surface area contributed by atoms with Crippen molar-refractivity contribution in [3.63, 3.8) is 0 Å². The number of aromatic nitrogens is 2. The molecule has 0 aliphatic heterocycles. The molecule has 92 valence electrons. The van der Waals surface area contributed by atoms with Crippen molar-refractivity contribution in [2.45, 2.75) is 19.3 Å². The van der Waals surface area contributed by atoms with Crippen LogP contribution in [0.4, 0.5) is 0 Å². The van der Waals surface area contributed by atoms with E-state index in [2.05, 4.69) is 16.0 Å². The van der Waals surface area contributed by atoms with Gasteiger partial charge < -0.3 is 4.74 Å². The fourth-order valence-corrected chi connectivity index (χ4v) is 2.38. The first-order valence-electron chi connectivity index (χ1n) is 5.70. The molecule has 18 heavy (non-hydrogen) atoms. The zero-order valence-corrected chi connectivity index (χ0v) is 11.0. The minimum atomic E-state index is 0.121. The minimum absolute atomic E-state index is 0.121. The van der Waals surface area contributed by atoms with Crippen LogP contribution in [-0.2, 0) is 12.8 Å². The number of halogens is 2. The van der Waals surface area contributed by atoms with Crippen molar-refractivity contribution in [1.82, 2.24) is 9.97 Å². The van der Waals surface area contributed by atoms with Gasteiger partial charge in [-0.15, -0.1) is 0 Å². The van der Waals surface area contributed by atoms with E-state index in [0.29, 0.717) is 5.02 Å². The van der Waals surface area contributed by atoms with Crippen molar-refractivity contribution in [2.24, 2.45) is 0 Å². The van der Waals surface area contributed by atoms with Gasteiger partial charge in [-0.25, -0.2) is 4.98 Å². The summed E-state index contributed by atoms with van der Waals surface area (Å²) in [6, 6.07) is 6.06. The molecule has 3 nitrogen and oxygen atoms in total. The molecule has 3 rings (SSSR count). The normalized spacial score (nSPS) is 13.4. The second kappa shape index (κ2) is 4.75. The van der Waals surface area contributed by atoms with Crippen LogP contribution in [0.3, 0.4) is 0 Å². The van der Waals surface area contributed by atoms with E-state index >= 15 is 0 Å². The molecule has 0 fully saturated rings. The van der Waals surface area contributed by atoms with Gasteiger partial charge >= 0.3 is 0 Å². The topological polar surface area (TPSA) is 35.0 Å². The third-order valence-electron chi connectivity index (χ3n) is 2.97. The summed E-state index contributed by atoms with van der Waals surface area (Å²) in [4.78, 5) is 7.74. The zero-order valence-electron chi connectivity index (χ0n) is 9.49. The molecular weight excluding hydrogens is 271 g/mol. The number of fused-ring (bicyclic) bond motifs is 1. The van der Waals surface area contributed by atoms with Gasteiger partial charge in [0.05, 0.1) is 6.20 Å². The van der Waals surface area contributed by atoms with Crippen molar-refractivity contribution in [3.8, 4) is 11.6 Å². The maximum Gasteiger partial charge on any atom is 0.242 e. The van der Waals surface area contributed by atoms with Crippen LogP contribution >= 0.6 is 23.2 Å². The number of hydrogen-bond donors (Lipinski definition) is 0. The molecule has 0 bridgehead atoms. The summed E-state index contributed by atoms with van der Waals surface area (Å²) in [5.41, 5.74) is 2.73. The molecule has 0 saturated carbocycles. The van der Waals surface area contributed by atoms with Crippen molar-refractivity contribution in [1.29, 1.82) is 0 Å². The highest BCUT2D eigenvalue weighted by Gasteiger charge is 2.13. The van der Waals surface area contributed by atoms with Crippen molar-refractivity contribution >= 4 is 23.2 Å². The first kappa shape index (κ1) is 11.8. The van der Waals surface area contributed by atoms with E-state index in [0.717, 1.165) is 18.6 Å². The van der Waals surface area contributed by atoms with Gasteiger partial charge in [0.1, 0.15) is 10.8 Å². The summed E-state index contributed by atoms with van der Waals surface area (Å²) >= 11 is 11.7. The molecule has 1 aliphatic rings. The molecule has 0 unspecified atom stereocenters. The van der Waals surface area contributed by atoms with E-state index in [-0.39, 0.29) is 11.2 Å². The van der Waals surface area contributed by atoms with Gasteiger partial charge in [0, 0.05) is 0 Å². The molecule has 0 amide bonds. The predicted octanol–water partition coefficient (Wildman–Crippen LogP) is 4.06. The summed E-state index contributed by atoms with van der Waals surface area (Å²) in [7, 11) is 0. The fraction of sp³-hybridized carbons (Fsp3) is 0.231. The van der Waals surface area contributed by atoms with Crippen LogP contribution in [0.15, 0.2) is 24.4 Å². The number of ether oxygens (including phenoxy) is 1. The van der Waals surface area contributed by atoms with Crippen LogP contribution in [0, 0.1) is 0 Å². The molecule has 2 aromatic rings. The highest BCUT2D eigenvalue weighted by molar-refractivity contribution is 6.32. The summed E-state index contributed by atoms with van der Waals surface area (Å²) in [5.74, 6) is 1.02. The van der Waals surface area contributed by atoms with E-state index in [1.54, 1.807) is 0 Å². The highest BCUT2D eigenvalue weighted by atomic mass is 35.5. The maximum absolute atomic E-state index is 5.95. The Kier molecular flexibility index (Phi) is 3.10. The molecule has 1 aliphatic carbocycles. The van der Waals surface area contributed by atoms with Crippen LogP contribution in [0.2, 0.25) is 10.3 Å². The van der Waals surface area contributed by atoms with Gasteiger partial charge in [-0.2, -0.15) is 4.98 Å². The van der Waals surface area contributed by atoms with Crippen molar-refractivity contribution in [2.75, 3.05) is 0 Å². The van der Waals surface area contributed by atoms with Gasteiger partial charge in [-0.05, 0) is 54.1 Å². The number of aryl methyl sites for hydroxylation is 2. The Bertz CT molecular complexity index is 602. The third-order valence-corrected chi connectivity index (χ3v) is 3.41. The first-order chi connectivity index (χ1) is 8.72. The Hall–Kier alpha value is -1.32. The van der Waals surface area contributed by atoms with E-state index in [1.165, 1.54) is 23.7 Å². The van der Waals surface area contributed by atoms with Crippen molar-refractivity contribution < 1.29 is 4.74 Å². The quantitative estimate of drug-likeness (QED) is 0.778. The fourth-order valence-electron chi connectivity index (χ4n) is 2.13. The molecule has 0 spiro atoms. The number of nitrogens with zero attached hydrogens (tertiary/aromatic N) is 2. The van der Waals surface area contributed by atoms with Crippen LogP contribution in [0.25, 0.3) is 0 Å². The van der Waals surface area contributed by atoms with Crippen LogP contribution in [0.5, 0.6) is 11.6 Å². The van der Waals surface area contributed by atoms with Crippen LogP contribution < -0.4 is 4.74 Å². The van der Waals surface area contributed by atoms with Crippen LogP contribution in [0.1, 0.15) is 17.5 Å². The zero-order chi connectivity index (χ0) is 12.5. The molecule has 1 aromatic carbocycles. The first-order valence-corrected chi connectivity index (χ1v) is 6.45. The van der Waals surface area contributed by atoms with Gasteiger partial charge in [0.2, 0.25) is 11.2 Å². The molecule has 0 saturated heterocycles. The van der Waals surface area contributed by atoms with Gasteiger partial charge in [-0.3, -0.25) is 0 Å². The Morgan fingerprint density at radius 2 is 1.94 bits per heavy atom.